The highest BCUT2D eigenvalue weighted by Gasteiger charge is 2.40. The summed E-state index contributed by atoms with van der Waals surface area (Å²) in [6.07, 6.45) is 14.7. The van der Waals surface area contributed by atoms with Crippen molar-refractivity contribution in [1.82, 2.24) is 0 Å². The van der Waals surface area contributed by atoms with E-state index in [1.54, 1.807) is 0 Å². The molecular weight excluding hydrogens is 288 g/mol. The first kappa shape index (κ1) is 18.0. The van der Waals surface area contributed by atoms with E-state index in [1.165, 1.54) is 75.3 Å². The molecule has 0 bridgehead atoms. The van der Waals surface area contributed by atoms with Gasteiger partial charge in [-0.25, -0.2) is 0 Å². The zero-order chi connectivity index (χ0) is 17.2. The predicted octanol–water partition coefficient (Wildman–Crippen LogP) is 7.52. The van der Waals surface area contributed by atoms with Gasteiger partial charge in [-0.2, -0.15) is 0 Å². The summed E-state index contributed by atoms with van der Waals surface area (Å²) in [5.41, 5.74) is 4.19. The molecule has 2 aliphatic rings. The van der Waals surface area contributed by atoms with Gasteiger partial charge in [0.15, 0.2) is 0 Å². The van der Waals surface area contributed by atoms with E-state index in [-0.39, 0.29) is 0 Å². The van der Waals surface area contributed by atoms with Crippen LogP contribution < -0.4 is 0 Å². The summed E-state index contributed by atoms with van der Waals surface area (Å²) in [5, 5.41) is 0. The number of rotatable bonds is 4. The highest BCUT2D eigenvalue weighted by atomic mass is 14.5. The molecule has 0 aromatic heterocycles. The quantitative estimate of drug-likeness (QED) is 0.536. The number of hydrogen-bond donors (Lipinski definition) is 0. The molecule has 2 aliphatic carbocycles. The van der Waals surface area contributed by atoms with Crippen molar-refractivity contribution in [2.75, 3.05) is 0 Å². The summed E-state index contributed by atoms with van der Waals surface area (Å²) in [5.74, 6) is 1.55. The van der Waals surface area contributed by atoms with Gasteiger partial charge in [0.25, 0.3) is 0 Å². The molecule has 0 nitrogen and oxygen atoms in total. The topological polar surface area (TPSA) is 0 Å². The Morgan fingerprint density at radius 1 is 0.917 bits per heavy atom. The molecule has 0 unspecified atom stereocenters. The zero-order valence-corrected chi connectivity index (χ0v) is 16.5. The highest BCUT2D eigenvalue weighted by Crippen LogP contribution is 2.52. The average molecular weight is 327 g/mol. The van der Waals surface area contributed by atoms with E-state index in [0.717, 1.165) is 11.3 Å². The van der Waals surface area contributed by atoms with E-state index in [2.05, 4.69) is 52.0 Å². The van der Waals surface area contributed by atoms with Crippen molar-refractivity contribution < 1.29 is 0 Å². The lowest BCUT2D eigenvalue weighted by atomic mass is 9.58. The molecule has 1 spiro atoms. The summed E-state index contributed by atoms with van der Waals surface area (Å²) < 4.78 is 0. The fourth-order valence-corrected chi connectivity index (χ4v) is 5.50. The minimum Gasteiger partial charge on any atom is -0.0593 e. The molecule has 0 amide bonds. The summed E-state index contributed by atoms with van der Waals surface area (Å²) in [6.45, 7) is 9.60. The standard InChI is InChI=1S/C24H38/c1-19(2)21-10-8-20(9-11-21)18-23(3,4)22-12-16-24(17-13-22)14-6-5-7-15-24/h8-11,19,22H,5-7,12-18H2,1-4H3. The van der Waals surface area contributed by atoms with Crippen LogP contribution in [-0.2, 0) is 6.42 Å². The third-order valence-electron chi connectivity index (χ3n) is 7.37. The molecule has 0 saturated heterocycles. The van der Waals surface area contributed by atoms with Gasteiger partial charge < -0.3 is 0 Å². The fourth-order valence-electron chi connectivity index (χ4n) is 5.50. The third-order valence-corrected chi connectivity index (χ3v) is 7.37. The summed E-state index contributed by atoms with van der Waals surface area (Å²) in [7, 11) is 0. The van der Waals surface area contributed by atoms with Crippen molar-refractivity contribution in [2.24, 2.45) is 16.7 Å². The Bertz CT molecular complexity index is 503. The molecule has 1 aromatic carbocycles. The van der Waals surface area contributed by atoms with Crippen LogP contribution in [-0.4, -0.2) is 0 Å². The van der Waals surface area contributed by atoms with Gasteiger partial charge in [-0.05, 0) is 78.7 Å². The maximum Gasteiger partial charge on any atom is -0.0219 e. The van der Waals surface area contributed by atoms with Crippen LogP contribution in [0, 0.1) is 16.7 Å². The van der Waals surface area contributed by atoms with Crippen molar-refractivity contribution in [3.05, 3.63) is 35.4 Å². The smallest absolute Gasteiger partial charge is 0.0219 e. The molecule has 0 heterocycles. The molecule has 0 N–H and O–H groups in total. The van der Waals surface area contributed by atoms with Gasteiger partial charge in [-0.3, -0.25) is 0 Å². The Morgan fingerprint density at radius 2 is 1.50 bits per heavy atom. The number of hydrogen-bond acceptors (Lipinski definition) is 0. The molecule has 1 aromatic rings. The van der Waals surface area contributed by atoms with Crippen LogP contribution in [0.25, 0.3) is 0 Å². The molecule has 2 fully saturated rings. The lowest BCUT2D eigenvalue weighted by Gasteiger charge is -2.47. The Hall–Kier alpha value is -0.780. The van der Waals surface area contributed by atoms with Crippen LogP contribution >= 0.6 is 0 Å². The lowest BCUT2D eigenvalue weighted by molar-refractivity contribution is 0.0506. The van der Waals surface area contributed by atoms with Gasteiger partial charge in [-0.15, -0.1) is 0 Å². The average Bonchev–Trinajstić information content (AvgIpc) is 2.56. The highest BCUT2D eigenvalue weighted by molar-refractivity contribution is 5.25. The van der Waals surface area contributed by atoms with E-state index in [4.69, 9.17) is 0 Å². The maximum absolute atomic E-state index is 2.52. The minimum absolute atomic E-state index is 0.440. The molecule has 2 saturated carbocycles. The molecule has 0 heteroatoms. The van der Waals surface area contributed by atoms with Gasteiger partial charge in [0, 0.05) is 0 Å². The maximum atomic E-state index is 2.52. The fraction of sp³-hybridized carbons (Fsp3) is 0.750. The second-order valence-electron chi connectivity index (χ2n) is 9.90. The van der Waals surface area contributed by atoms with Crippen LogP contribution in [0.1, 0.15) is 103 Å². The normalized spacial score (nSPS) is 22.2. The van der Waals surface area contributed by atoms with Crippen molar-refractivity contribution in [1.29, 1.82) is 0 Å². The lowest BCUT2D eigenvalue weighted by Crippen LogP contribution is -2.36. The van der Waals surface area contributed by atoms with Crippen LogP contribution in [0.5, 0.6) is 0 Å². The van der Waals surface area contributed by atoms with Gasteiger partial charge >= 0.3 is 0 Å². The SMILES string of the molecule is CC(C)c1ccc(CC(C)(C)C2CCC3(CCCCC3)CC2)cc1. The zero-order valence-electron chi connectivity index (χ0n) is 16.5. The molecule has 3 rings (SSSR count). The van der Waals surface area contributed by atoms with Gasteiger partial charge in [0.1, 0.15) is 0 Å². The molecule has 24 heavy (non-hydrogen) atoms. The van der Waals surface area contributed by atoms with Crippen molar-refractivity contribution in [3.63, 3.8) is 0 Å². The summed E-state index contributed by atoms with van der Waals surface area (Å²) >= 11 is 0. The van der Waals surface area contributed by atoms with Gasteiger partial charge in [0.2, 0.25) is 0 Å². The second kappa shape index (κ2) is 7.22. The van der Waals surface area contributed by atoms with Crippen LogP contribution in [0.15, 0.2) is 24.3 Å². The second-order valence-corrected chi connectivity index (χ2v) is 9.90. The number of benzene rings is 1. The Morgan fingerprint density at radius 3 is 2.04 bits per heavy atom. The Balaban J connectivity index is 1.59. The van der Waals surface area contributed by atoms with Gasteiger partial charge in [0.05, 0.1) is 0 Å². The van der Waals surface area contributed by atoms with Crippen molar-refractivity contribution >= 4 is 0 Å². The van der Waals surface area contributed by atoms with Crippen LogP contribution in [0.4, 0.5) is 0 Å². The largest absolute Gasteiger partial charge is 0.0593 e. The molecule has 134 valence electrons. The van der Waals surface area contributed by atoms with Crippen molar-refractivity contribution in [2.45, 2.75) is 97.8 Å². The van der Waals surface area contributed by atoms with E-state index in [1.807, 2.05) is 0 Å². The summed E-state index contributed by atoms with van der Waals surface area (Å²) in [6, 6.07) is 9.44. The van der Waals surface area contributed by atoms with Crippen molar-refractivity contribution in [3.8, 4) is 0 Å². The van der Waals surface area contributed by atoms with E-state index >= 15 is 0 Å². The molecule has 0 aliphatic heterocycles. The van der Waals surface area contributed by atoms with Crippen LogP contribution in [0.2, 0.25) is 0 Å². The first-order valence-electron chi connectivity index (χ1n) is 10.5. The minimum atomic E-state index is 0.440. The van der Waals surface area contributed by atoms with Gasteiger partial charge in [-0.1, -0.05) is 71.2 Å². The third kappa shape index (κ3) is 4.06. The monoisotopic (exact) mass is 326 g/mol. The molecular formula is C24H38. The van der Waals surface area contributed by atoms with Crippen LogP contribution in [0.3, 0.4) is 0 Å². The summed E-state index contributed by atoms with van der Waals surface area (Å²) in [4.78, 5) is 0. The predicted molar refractivity (Wildman–Crippen MR) is 105 cm³/mol. The first-order chi connectivity index (χ1) is 11.4. The Labute approximate surface area is 150 Å². The molecule has 0 radical (unpaired) electrons. The first-order valence-corrected chi connectivity index (χ1v) is 10.5. The van der Waals surface area contributed by atoms with E-state index in [9.17, 15) is 0 Å². The molecule has 0 atom stereocenters. The van der Waals surface area contributed by atoms with E-state index in [0.29, 0.717) is 11.3 Å². The Kier molecular flexibility index (Phi) is 5.42. The van der Waals surface area contributed by atoms with E-state index < -0.39 is 0 Å².